The predicted molar refractivity (Wildman–Crippen MR) is 73.6 cm³/mol. The Morgan fingerprint density at radius 3 is 2.95 bits per heavy atom. The van der Waals surface area contributed by atoms with E-state index in [9.17, 15) is 15.2 Å². The molecule has 0 atom stereocenters. The molecule has 7 heteroatoms. The molecule has 1 aromatic carbocycles. The molecular formula is C12H13N3O3S. The van der Waals surface area contributed by atoms with Crippen LogP contribution in [0.4, 0.5) is 11.4 Å². The number of nitro benzene ring substituents is 1. The smallest absolute Gasteiger partial charge is 0.296 e. The van der Waals surface area contributed by atoms with E-state index in [1.54, 1.807) is 17.5 Å². The van der Waals surface area contributed by atoms with Gasteiger partial charge >= 0.3 is 0 Å². The molecule has 1 heterocycles. The molecule has 2 rings (SSSR count). The summed E-state index contributed by atoms with van der Waals surface area (Å²) < 4.78 is 0. The molecule has 0 fully saturated rings. The second kappa shape index (κ2) is 5.66. The van der Waals surface area contributed by atoms with Crippen LogP contribution < -0.4 is 5.32 Å². The van der Waals surface area contributed by atoms with Gasteiger partial charge in [0.05, 0.1) is 22.5 Å². The SMILES string of the molecule is CCc1ncc(CNc2ccc(O)cc2[N+](=O)[O-])s1. The minimum Gasteiger partial charge on any atom is -0.508 e. The summed E-state index contributed by atoms with van der Waals surface area (Å²) in [5.74, 6) is -0.122. The van der Waals surface area contributed by atoms with E-state index >= 15 is 0 Å². The number of nitrogens with zero attached hydrogens (tertiary/aromatic N) is 2. The normalized spacial score (nSPS) is 10.4. The van der Waals surface area contributed by atoms with Crippen molar-refractivity contribution in [2.24, 2.45) is 0 Å². The van der Waals surface area contributed by atoms with Crippen molar-refractivity contribution in [2.75, 3.05) is 5.32 Å². The van der Waals surface area contributed by atoms with Crippen molar-refractivity contribution < 1.29 is 10.0 Å². The van der Waals surface area contributed by atoms with Crippen LogP contribution in [0.2, 0.25) is 0 Å². The van der Waals surface area contributed by atoms with Gasteiger partial charge in [-0.3, -0.25) is 10.1 Å². The highest BCUT2D eigenvalue weighted by Crippen LogP contribution is 2.29. The van der Waals surface area contributed by atoms with Gasteiger partial charge in [0, 0.05) is 11.1 Å². The maximum atomic E-state index is 10.9. The highest BCUT2D eigenvalue weighted by atomic mass is 32.1. The van der Waals surface area contributed by atoms with Crippen molar-refractivity contribution in [1.29, 1.82) is 0 Å². The van der Waals surface area contributed by atoms with Gasteiger partial charge in [-0.25, -0.2) is 4.98 Å². The monoisotopic (exact) mass is 279 g/mol. The lowest BCUT2D eigenvalue weighted by molar-refractivity contribution is -0.384. The number of anilines is 1. The van der Waals surface area contributed by atoms with Crippen molar-refractivity contribution in [3.05, 3.63) is 44.4 Å². The lowest BCUT2D eigenvalue weighted by Crippen LogP contribution is -2.01. The molecule has 19 heavy (non-hydrogen) atoms. The number of hydrogen-bond donors (Lipinski definition) is 2. The van der Waals surface area contributed by atoms with E-state index in [0.717, 1.165) is 22.4 Å². The van der Waals surface area contributed by atoms with Gasteiger partial charge < -0.3 is 10.4 Å². The number of aromatic hydroxyl groups is 1. The third-order valence-electron chi connectivity index (χ3n) is 2.53. The van der Waals surface area contributed by atoms with Crippen LogP contribution >= 0.6 is 11.3 Å². The lowest BCUT2D eigenvalue weighted by atomic mass is 10.2. The summed E-state index contributed by atoms with van der Waals surface area (Å²) in [6, 6.07) is 4.04. The zero-order chi connectivity index (χ0) is 13.8. The van der Waals surface area contributed by atoms with Crippen LogP contribution in [0.5, 0.6) is 5.75 Å². The van der Waals surface area contributed by atoms with Crippen LogP contribution in [0, 0.1) is 10.1 Å². The van der Waals surface area contributed by atoms with Gasteiger partial charge in [0.15, 0.2) is 0 Å². The fourth-order valence-electron chi connectivity index (χ4n) is 1.60. The third kappa shape index (κ3) is 3.19. The molecule has 6 nitrogen and oxygen atoms in total. The van der Waals surface area contributed by atoms with Crippen LogP contribution in [0.25, 0.3) is 0 Å². The molecule has 2 N–H and O–H groups in total. The van der Waals surface area contributed by atoms with Crippen LogP contribution in [0.15, 0.2) is 24.4 Å². The van der Waals surface area contributed by atoms with Crippen molar-refractivity contribution >= 4 is 22.7 Å². The Bertz CT molecular complexity index is 598. The van der Waals surface area contributed by atoms with Gasteiger partial charge in [-0.1, -0.05) is 6.92 Å². The first kappa shape index (κ1) is 13.3. The van der Waals surface area contributed by atoms with E-state index in [-0.39, 0.29) is 11.4 Å². The number of nitrogens with one attached hydrogen (secondary N) is 1. The Morgan fingerprint density at radius 2 is 2.32 bits per heavy atom. The van der Waals surface area contributed by atoms with E-state index in [1.165, 1.54) is 12.1 Å². The summed E-state index contributed by atoms with van der Waals surface area (Å²) in [7, 11) is 0. The fraction of sp³-hybridized carbons (Fsp3) is 0.250. The summed E-state index contributed by atoms with van der Waals surface area (Å²) in [5.41, 5.74) is 0.245. The topological polar surface area (TPSA) is 88.3 Å². The number of aromatic nitrogens is 1. The van der Waals surface area contributed by atoms with Gasteiger partial charge in [-0.05, 0) is 18.6 Å². The maximum absolute atomic E-state index is 10.9. The number of rotatable bonds is 5. The van der Waals surface area contributed by atoms with Crippen LogP contribution in [-0.4, -0.2) is 15.0 Å². The number of thiazole rings is 1. The van der Waals surface area contributed by atoms with Gasteiger partial charge in [-0.2, -0.15) is 0 Å². The molecule has 100 valence electrons. The zero-order valence-corrected chi connectivity index (χ0v) is 11.1. The lowest BCUT2D eigenvalue weighted by Gasteiger charge is -2.05. The molecule has 0 spiro atoms. The predicted octanol–water partition coefficient (Wildman–Crippen LogP) is 2.93. The molecule has 0 unspecified atom stereocenters. The number of benzene rings is 1. The first-order valence-electron chi connectivity index (χ1n) is 5.75. The van der Waals surface area contributed by atoms with Gasteiger partial charge in [0.2, 0.25) is 0 Å². The fourth-order valence-corrected chi connectivity index (χ4v) is 2.40. The van der Waals surface area contributed by atoms with Gasteiger partial charge in [-0.15, -0.1) is 11.3 Å². The minimum absolute atomic E-state index is 0.122. The molecule has 0 amide bonds. The Morgan fingerprint density at radius 1 is 1.53 bits per heavy atom. The summed E-state index contributed by atoms with van der Waals surface area (Å²) in [6.45, 7) is 2.50. The first-order valence-corrected chi connectivity index (χ1v) is 6.56. The molecule has 0 aliphatic heterocycles. The second-order valence-corrected chi connectivity index (χ2v) is 5.09. The van der Waals surface area contributed by atoms with Crippen molar-refractivity contribution in [3.63, 3.8) is 0 Å². The number of aryl methyl sites for hydroxylation is 1. The van der Waals surface area contributed by atoms with Crippen molar-refractivity contribution in [1.82, 2.24) is 4.98 Å². The minimum atomic E-state index is -0.522. The van der Waals surface area contributed by atoms with E-state index in [0.29, 0.717) is 12.2 Å². The zero-order valence-electron chi connectivity index (χ0n) is 10.3. The summed E-state index contributed by atoms with van der Waals surface area (Å²) in [6.07, 6.45) is 2.65. The van der Waals surface area contributed by atoms with Crippen LogP contribution in [0.1, 0.15) is 16.8 Å². The van der Waals surface area contributed by atoms with E-state index in [1.807, 2.05) is 6.92 Å². The molecule has 0 aliphatic carbocycles. The molecular weight excluding hydrogens is 266 g/mol. The Kier molecular flexibility index (Phi) is 3.96. The number of nitro groups is 1. The highest BCUT2D eigenvalue weighted by molar-refractivity contribution is 7.11. The summed E-state index contributed by atoms with van der Waals surface area (Å²) in [4.78, 5) is 15.6. The van der Waals surface area contributed by atoms with Crippen LogP contribution in [0.3, 0.4) is 0 Å². The average molecular weight is 279 g/mol. The summed E-state index contributed by atoms with van der Waals surface area (Å²) >= 11 is 1.58. The molecule has 2 aromatic rings. The number of phenolic OH excluding ortho intramolecular Hbond substituents is 1. The van der Waals surface area contributed by atoms with Gasteiger partial charge in [0.25, 0.3) is 5.69 Å². The van der Waals surface area contributed by atoms with E-state index in [2.05, 4.69) is 10.3 Å². The summed E-state index contributed by atoms with van der Waals surface area (Å²) in [5, 5.41) is 24.2. The molecule has 0 aliphatic rings. The van der Waals surface area contributed by atoms with Crippen molar-refractivity contribution in [3.8, 4) is 5.75 Å². The molecule has 0 radical (unpaired) electrons. The second-order valence-electron chi connectivity index (χ2n) is 3.89. The first-order chi connectivity index (χ1) is 9.10. The number of hydrogen-bond acceptors (Lipinski definition) is 6. The third-order valence-corrected chi connectivity index (χ3v) is 3.68. The molecule has 0 bridgehead atoms. The van der Waals surface area contributed by atoms with E-state index in [4.69, 9.17) is 0 Å². The Balaban J connectivity index is 2.12. The van der Waals surface area contributed by atoms with E-state index < -0.39 is 4.92 Å². The quantitative estimate of drug-likeness (QED) is 0.499. The van der Waals surface area contributed by atoms with Crippen LogP contribution in [-0.2, 0) is 13.0 Å². The number of phenols is 1. The molecule has 0 saturated carbocycles. The largest absolute Gasteiger partial charge is 0.508 e. The maximum Gasteiger partial charge on any atom is 0.296 e. The average Bonchev–Trinajstić information content (AvgIpc) is 2.85. The standard InChI is InChI=1S/C12H13N3O3S/c1-2-12-14-7-9(19-12)6-13-10-4-3-8(16)5-11(10)15(17)18/h3-5,7,13,16H,2,6H2,1H3. The Labute approximate surface area is 113 Å². The highest BCUT2D eigenvalue weighted by Gasteiger charge is 2.14. The van der Waals surface area contributed by atoms with Gasteiger partial charge in [0.1, 0.15) is 11.4 Å². The Hall–Kier alpha value is -2.15. The molecule has 0 saturated heterocycles. The molecule has 1 aromatic heterocycles. The van der Waals surface area contributed by atoms with Crippen molar-refractivity contribution in [2.45, 2.75) is 19.9 Å².